The first-order valence-corrected chi connectivity index (χ1v) is 10.2. The molecule has 0 saturated carbocycles. The summed E-state index contributed by atoms with van der Waals surface area (Å²) in [5.74, 6) is 0.752. The van der Waals surface area contributed by atoms with E-state index in [9.17, 15) is 5.11 Å². The number of piperidine rings is 1. The summed E-state index contributed by atoms with van der Waals surface area (Å²) in [4.78, 5) is 2.21. The maximum absolute atomic E-state index is 10.6. The fourth-order valence-corrected chi connectivity index (χ4v) is 4.58. The maximum Gasteiger partial charge on any atom is 0.250 e. The van der Waals surface area contributed by atoms with E-state index in [1.165, 1.54) is 0 Å². The molecule has 2 aliphatic heterocycles. The first-order chi connectivity index (χ1) is 14.2. The molecule has 1 aromatic heterocycles. The molecule has 7 heteroatoms. The predicted molar refractivity (Wildman–Crippen MR) is 109 cm³/mol. The first kappa shape index (κ1) is 18.3. The highest BCUT2D eigenvalue weighted by molar-refractivity contribution is 5.41. The number of rotatable bonds is 3. The molecule has 0 aliphatic carbocycles. The topological polar surface area (TPSA) is 76.3 Å². The van der Waals surface area contributed by atoms with Crippen LogP contribution in [0.15, 0.2) is 60.7 Å². The number of benzene rings is 2. The molecule has 1 spiro atoms. The van der Waals surface area contributed by atoms with Gasteiger partial charge in [-0.2, -0.15) is 4.68 Å². The lowest BCUT2D eigenvalue weighted by molar-refractivity contribution is -0.173. The van der Waals surface area contributed by atoms with Gasteiger partial charge in [-0.1, -0.05) is 53.6 Å². The number of hydrogen-bond acceptors (Lipinski definition) is 6. The third-order valence-electron chi connectivity index (χ3n) is 6.07. The van der Waals surface area contributed by atoms with Crippen LogP contribution >= 0.6 is 0 Å². The van der Waals surface area contributed by atoms with Crippen molar-refractivity contribution in [2.75, 3.05) is 18.0 Å². The number of aliphatic hydroxyl groups is 1. The molecular weight excluding hydrogens is 366 g/mol. The molecule has 2 atom stereocenters. The van der Waals surface area contributed by atoms with Crippen molar-refractivity contribution in [2.45, 2.75) is 43.5 Å². The quantitative estimate of drug-likeness (QED) is 0.740. The van der Waals surface area contributed by atoms with Crippen molar-refractivity contribution in [1.82, 2.24) is 20.2 Å². The molecule has 150 valence electrons. The van der Waals surface area contributed by atoms with Crippen molar-refractivity contribution in [3.8, 4) is 5.69 Å². The van der Waals surface area contributed by atoms with Gasteiger partial charge in [0, 0.05) is 25.9 Å². The van der Waals surface area contributed by atoms with Crippen LogP contribution in [0.3, 0.4) is 0 Å². The first-order valence-electron chi connectivity index (χ1n) is 10.2. The number of para-hydroxylation sites is 1. The minimum atomic E-state index is -0.338. The van der Waals surface area contributed by atoms with Gasteiger partial charge in [0.15, 0.2) is 0 Å². The summed E-state index contributed by atoms with van der Waals surface area (Å²) in [5, 5.41) is 22.9. The fourth-order valence-electron chi connectivity index (χ4n) is 4.58. The van der Waals surface area contributed by atoms with Crippen molar-refractivity contribution >= 4 is 5.95 Å². The number of ether oxygens (including phenoxy) is 1. The largest absolute Gasteiger partial charge is 0.393 e. The van der Waals surface area contributed by atoms with E-state index in [1.807, 2.05) is 48.5 Å². The Labute approximate surface area is 169 Å². The zero-order chi connectivity index (χ0) is 19.7. The van der Waals surface area contributed by atoms with Crippen LogP contribution in [-0.4, -0.2) is 50.1 Å². The zero-order valence-electron chi connectivity index (χ0n) is 16.3. The minimum Gasteiger partial charge on any atom is -0.393 e. The van der Waals surface area contributed by atoms with Gasteiger partial charge in [0.1, 0.15) is 0 Å². The summed E-state index contributed by atoms with van der Waals surface area (Å²) in [5.41, 5.74) is 1.79. The molecule has 2 fully saturated rings. The zero-order valence-corrected chi connectivity index (χ0v) is 16.3. The Morgan fingerprint density at radius 1 is 0.966 bits per heavy atom. The van der Waals surface area contributed by atoms with Crippen LogP contribution < -0.4 is 4.90 Å². The van der Waals surface area contributed by atoms with Gasteiger partial charge in [-0.3, -0.25) is 0 Å². The number of tetrazole rings is 1. The third kappa shape index (κ3) is 3.63. The van der Waals surface area contributed by atoms with E-state index in [0.717, 1.165) is 43.1 Å². The summed E-state index contributed by atoms with van der Waals surface area (Å²) >= 11 is 0. The van der Waals surface area contributed by atoms with Gasteiger partial charge < -0.3 is 14.7 Å². The molecule has 2 aliphatic rings. The average Bonchev–Trinajstić information content (AvgIpc) is 3.25. The van der Waals surface area contributed by atoms with Crippen LogP contribution in [-0.2, 0) is 4.74 Å². The summed E-state index contributed by atoms with van der Waals surface area (Å²) in [6.07, 6.45) is 2.64. The summed E-state index contributed by atoms with van der Waals surface area (Å²) in [7, 11) is 0. The highest BCUT2D eigenvalue weighted by Crippen LogP contribution is 2.43. The highest BCUT2D eigenvalue weighted by atomic mass is 16.5. The van der Waals surface area contributed by atoms with E-state index in [1.54, 1.807) is 4.68 Å². The molecule has 7 nitrogen and oxygen atoms in total. The molecular formula is C22H25N5O2. The van der Waals surface area contributed by atoms with E-state index in [4.69, 9.17) is 4.74 Å². The van der Waals surface area contributed by atoms with Crippen molar-refractivity contribution < 1.29 is 9.84 Å². The van der Waals surface area contributed by atoms with Crippen LogP contribution in [0.4, 0.5) is 5.95 Å². The van der Waals surface area contributed by atoms with Gasteiger partial charge in [-0.25, -0.2) is 0 Å². The number of aliphatic hydroxyl groups excluding tert-OH is 1. The average molecular weight is 391 g/mol. The van der Waals surface area contributed by atoms with Crippen LogP contribution in [0.5, 0.6) is 0 Å². The Morgan fingerprint density at radius 2 is 1.66 bits per heavy atom. The van der Waals surface area contributed by atoms with Crippen molar-refractivity contribution in [3.63, 3.8) is 0 Å². The van der Waals surface area contributed by atoms with Crippen LogP contribution in [0.25, 0.3) is 5.69 Å². The third-order valence-corrected chi connectivity index (χ3v) is 6.07. The van der Waals surface area contributed by atoms with Gasteiger partial charge in [-0.15, -0.1) is 0 Å². The number of hydrogen-bond donors (Lipinski definition) is 1. The molecule has 29 heavy (non-hydrogen) atoms. The summed E-state index contributed by atoms with van der Waals surface area (Å²) in [6.45, 7) is 1.59. The second-order valence-corrected chi connectivity index (χ2v) is 8.01. The molecule has 0 unspecified atom stereocenters. The molecule has 0 bridgehead atoms. The van der Waals surface area contributed by atoms with Crippen LogP contribution in [0.1, 0.15) is 37.4 Å². The van der Waals surface area contributed by atoms with E-state index >= 15 is 0 Å². The minimum absolute atomic E-state index is 0.0545. The monoisotopic (exact) mass is 391 g/mol. The second-order valence-electron chi connectivity index (χ2n) is 8.01. The van der Waals surface area contributed by atoms with Gasteiger partial charge >= 0.3 is 0 Å². The van der Waals surface area contributed by atoms with Crippen molar-refractivity contribution in [2.24, 2.45) is 0 Å². The SMILES string of the molecule is O[C@H]1C[C@H](c2ccccc2)OC2(CCN(c3nnnn3-c3ccccc3)CC2)C1. The maximum atomic E-state index is 10.6. The number of anilines is 1. The second kappa shape index (κ2) is 7.57. The Bertz CT molecular complexity index is 938. The standard InChI is InChI=1S/C22H25N5O2/c28-19-15-20(17-7-3-1-4-8-17)29-22(16-19)11-13-26(14-12-22)21-23-24-25-27(21)18-9-5-2-6-10-18/h1-10,19-20,28H,11-16H2/t19-,20+/m0/s1. The van der Waals surface area contributed by atoms with Crippen LogP contribution in [0.2, 0.25) is 0 Å². The van der Waals surface area contributed by atoms with Gasteiger partial charge in [0.2, 0.25) is 5.95 Å². The number of aromatic nitrogens is 4. The molecule has 2 saturated heterocycles. The molecule has 0 amide bonds. The molecule has 0 radical (unpaired) electrons. The lowest BCUT2D eigenvalue weighted by atomic mass is 9.81. The predicted octanol–water partition coefficient (Wildman–Crippen LogP) is 2.91. The lowest BCUT2D eigenvalue weighted by Gasteiger charge is -2.48. The van der Waals surface area contributed by atoms with Gasteiger partial charge in [-0.05, 0) is 41.0 Å². The van der Waals surface area contributed by atoms with Gasteiger partial charge in [0.25, 0.3) is 0 Å². The summed E-state index contributed by atoms with van der Waals surface area (Å²) < 4.78 is 8.39. The van der Waals surface area contributed by atoms with E-state index < -0.39 is 0 Å². The molecule has 2 aromatic carbocycles. The Kier molecular flexibility index (Phi) is 4.77. The van der Waals surface area contributed by atoms with Gasteiger partial charge in [0.05, 0.1) is 23.5 Å². The molecule has 1 N–H and O–H groups in total. The van der Waals surface area contributed by atoms with Crippen molar-refractivity contribution in [1.29, 1.82) is 0 Å². The molecule has 3 heterocycles. The van der Waals surface area contributed by atoms with E-state index in [-0.39, 0.29) is 17.8 Å². The van der Waals surface area contributed by atoms with E-state index in [0.29, 0.717) is 12.8 Å². The summed E-state index contributed by atoms with van der Waals surface area (Å²) in [6, 6.07) is 20.2. The lowest BCUT2D eigenvalue weighted by Crippen LogP contribution is -2.51. The molecule has 5 rings (SSSR count). The highest BCUT2D eigenvalue weighted by Gasteiger charge is 2.44. The smallest absolute Gasteiger partial charge is 0.250 e. The van der Waals surface area contributed by atoms with E-state index in [2.05, 4.69) is 32.6 Å². The Morgan fingerprint density at radius 3 is 2.38 bits per heavy atom. The van der Waals surface area contributed by atoms with Crippen LogP contribution in [0, 0.1) is 0 Å². The molecule has 3 aromatic rings. The fraction of sp³-hybridized carbons (Fsp3) is 0.409. The number of nitrogens with zero attached hydrogens (tertiary/aromatic N) is 5. The normalized spacial score (nSPS) is 24.0. The van der Waals surface area contributed by atoms with Crippen molar-refractivity contribution in [3.05, 3.63) is 66.2 Å². The Hall–Kier alpha value is -2.77. The Balaban J connectivity index is 1.32.